The van der Waals surface area contributed by atoms with E-state index in [9.17, 15) is 9.59 Å². The van der Waals surface area contributed by atoms with E-state index in [1.807, 2.05) is 23.1 Å². The largest absolute Gasteiger partial charge is 0.352 e. The van der Waals surface area contributed by atoms with Gasteiger partial charge >= 0.3 is 0 Å². The molecule has 0 radical (unpaired) electrons. The summed E-state index contributed by atoms with van der Waals surface area (Å²) in [5.74, 6) is -0.250. The molecule has 0 unspecified atom stereocenters. The maximum atomic E-state index is 12.3. The fraction of sp³-hybridized carbons (Fsp3) is 0.600. The average molecular weight is 360 g/mol. The summed E-state index contributed by atoms with van der Waals surface area (Å²) < 4.78 is 11.4. The van der Waals surface area contributed by atoms with E-state index in [-0.39, 0.29) is 11.8 Å². The van der Waals surface area contributed by atoms with E-state index in [2.05, 4.69) is 5.32 Å². The third-order valence-corrected chi connectivity index (χ3v) is 5.08. The molecule has 2 heterocycles. The first kappa shape index (κ1) is 18.9. The molecular formula is C20H28N2O4. The fourth-order valence-electron chi connectivity index (χ4n) is 3.51. The van der Waals surface area contributed by atoms with Gasteiger partial charge in [-0.3, -0.25) is 9.59 Å². The van der Waals surface area contributed by atoms with Gasteiger partial charge in [-0.2, -0.15) is 0 Å². The number of piperidine rings is 1. The number of amides is 2. The summed E-state index contributed by atoms with van der Waals surface area (Å²) in [6.45, 7) is 3.39. The van der Waals surface area contributed by atoms with Crippen LogP contribution in [0.5, 0.6) is 0 Å². The Balaban J connectivity index is 1.25. The van der Waals surface area contributed by atoms with Crippen LogP contribution in [-0.2, 0) is 14.3 Å². The average Bonchev–Trinajstić information content (AvgIpc) is 3.13. The molecule has 1 N–H and O–H groups in total. The smallest absolute Gasteiger partial charge is 0.251 e. The van der Waals surface area contributed by atoms with Crippen LogP contribution < -0.4 is 5.32 Å². The molecule has 6 nitrogen and oxygen atoms in total. The number of nitrogens with one attached hydrogen (secondary N) is 1. The summed E-state index contributed by atoms with van der Waals surface area (Å²) in [5.41, 5.74) is 0.681. The molecule has 2 aliphatic heterocycles. The van der Waals surface area contributed by atoms with Gasteiger partial charge in [0.15, 0.2) is 5.79 Å². The molecule has 6 heteroatoms. The SMILES string of the molecule is O=C(NCCCCCC(=O)N1CCC2(CC1)OCCO2)c1ccccc1. The van der Waals surface area contributed by atoms with Gasteiger partial charge < -0.3 is 19.7 Å². The first-order chi connectivity index (χ1) is 12.7. The van der Waals surface area contributed by atoms with Crippen molar-refractivity contribution >= 4 is 11.8 Å². The van der Waals surface area contributed by atoms with Gasteiger partial charge in [0.25, 0.3) is 5.91 Å². The molecule has 0 aromatic heterocycles. The minimum absolute atomic E-state index is 0.0414. The molecule has 3 rings (SSSR count). The molecule has 1 aromatic carbocycles. The van der Waals surface area contributed by atoms with Crippen LogP contribution in [0, 0.1) is 0 Å². The first-order valence-corrected chi connectivity index (χ1v) is 9.57. The number of ether oxygens (including phenoxy) is 2. The molecule has 2 aliphatic rings. The maximum absolute atomic E-state index is 12.3. The molecule has 2 amide bonds. The lowest BCUT2D eigenvalue weighted by Gasteiger charge is -2.37. The zero-order valence-electron chi connectivity index (χ0n) is 15.2. The molecule has 0 atom stereocenters. The zero-order valence-corrected chi connectivity index (χ0v) is 15.2. The molecule has 1 aromatic rings. The van der Waals surface area contributed by atoms with Gasteiger partial charge in [0, 0.05) is 44.5 Å². The Morgan fingerprint density at radius 2 is 1.69 bits per heavy atom. The van der Waals surface area contributed by atoms with Crippen molar-refractivity contribution in [1.82, 2.24) is 10.2 Å². The van der Waals surface area contributed by atoms with Crippen molar-refractivity contribution in [2.24, 2.45) is 0 Å². The molecule has 2 saturated heterocycles. The number of carbonyl (C=O) groups is 2. The number of benzene rings is 1. The molecule has 0 aliphatic carbocycles. The Hall–Kier alpha value is -1.92. The lowest BCUT2D eigenvalue weighted by atomic mass is 10.0. The normalized spacial score (nSPS) is 18.8. The first-order valence-electron chi connectivity index (χ1n) is 9.57. The van der Waals surface area contributed by atoms with Crippen LogP contribution in [0.3, 0.4) is 0 Å². The Labute approximate surface area is 154 Å². The van der Waals surface area contributed by atoms with Crippen molar-refractivity contribution in [3.63, 3.8) is 0 Å². The van der Waals surface area contributed by atoms with Gasteiger partial charge in [-0.1, -0.05) is 24.6 Å². The summed E-state index contributed by atoms with van der Waals surface area (Å²) in [5, 5.41) is 2.92. The zero-order chi connectivity index (χ0) is 18.2. The summed E-state index contributed by atoms with van der Waals surface area (Å²) in [7, 11) is 0. The van der Waals surface area contributed by atoms with Crippen LogP contribution in [0.1, 0.15) is 48.9 Å². The van der Waals surface area contributed by atoms with E-state index in [0.717, 1.165) is 32.1 Å². The third-order valence-electron chi connectivity index (χ3n) is 5.08. The Bertz CT molecular complexity index is 589. The van der Waals surface area contributed by atoms with Crippen LogP contribution in [0.15, 0.2) is 30.3 Å². The van der Waals surface area contributed by atoms with Crippen molar-refractivity contribution in [2.75, 3.05) is 32.8 Å². The fourth-order valence-corrected chi connectivity index (χ4v) is 3.51. The highest BCUT2D eigenvalue weighted by Crippen LogP contribution is 2.31. The van der Waals surface area contributed by atoms with Crippen LogP contribution >= 0.6 is 0 Å². The Morgan fingerprint density at radius 1 is 1.00 bits per heavy atom. The minimum atomic E-state index is -0.423. The standard InChI is InChI=1S/C20H28N2O4/c23-18(22-13-10-20(11-14-22)25-15-16-26-20)9-5-2-6-12-21-19(24)17-7-3-1-4-8-17/h1,3-4,7-8H,2,5-6,9-16H2,(H,21,24). The van der Waals surface area contributed by atoms with E-state index in [4.69, 9.17) is 9.47 Å². The number of rotatable bonds is 7. The maximum Gasteiger partial charge on any atom is 0.251 e. The lowest BCUT2D eigenvalue weighted by Crippen LogP contribution is -2.47. The van der Waals surface area contributed by atoms with E-state index < -0.39 is 5.79 Å². The second kappa shape index (κ2) is 9.14. The van der Waals surface area contributed by atoms with Crippen LogP contribution in [0.25, 0.3) is 0 Å². The van der Waals surface area contributed by atoms with Gasteiger partial charge in [-0.15, -0.1) is 0 Å². The van der Waals surface area contributed by atoms with Gasteiger partial charge in [-0.05, 0) is 25.0 Å². The second-order valence-electron chi connectivity index (χ2n) is 6.92. The highest BCUT2D eigenvalue weighted by molar-refractivity contribution is 5.94. The number of hydrogen-bond donors (Lipinski definition) is 1. The number of unbranched alkanes of at least 4 members (excludes halogenated alkanes) is 2. The molecule has 142 valence electrons. The van der Waals surface area contributed by atoms with Crippen LogP contribution in [-0.4, -0.2) is 55.3 Å². The van der Waals surface area contributed by atoms with E-state index >= 15 is 0 Å². The van der Waals surface area contributed by atoms with Gasteiger partial charge in [0.1, 0.15) is 0 Å². The summed E-state index contributed by atoms with van der Waals surface area (Å²) in [6, 6.07) is 9.21. The van der Waals surface area contributed by atoms with Crippen molar-refractivity contribution in [3.8, 4) is 0 Å². The predicted molar refractivity (Wildman–Crippen MR) is 97.7 cm³/mol. The number of carbonyl (C=O) groups excluding carboxylic acids is 2. The van der Waals surface area contributed by atoms with Gasteiger partial charge in [0.05, 0.1) is 13.2 Å². The second-order valence-corrected chi connectivity index (χ2v) is 6.92. The monoisotopic (exact) mass is 360 g/mol. The highest BCUT2D eigenvalue weighted by atomic mass is 16.7. The van der Waals surface area contributed by atoms with Crippen molar-refractivity contribution in [3.05, 3.63) is 35.9 Å². The summed E-state index contributed by atoms with van der Waals surface area (Å²) in [6.07, 6.45) is 4.78. The van der Waals surface area contributed by atoms with E-state index in [1.165, 1.54) is 0 Å². The van der Waals surface area contributed by atoms with Crippen molar-refractivity contribution in [1.29, 1.82) is 0 Å². The Kier molecular flexibility index (Phi) is 6.63. The third kappa shape index (κ3) is 5.05. The van der Waals surface area contributed by atoms with Crippen LogP contribution in [0.2, 0.25) is 0 Å². The van der Waals surface area contributed by atoms with Gasteiger partial charge in [-0.25, -0.2) is 0 Å². The number of hydrogen-bond acceptors (Lipinski definition) is 4. The summed E-state index contributed by atoms with van der Waals surface area (Å²) >= 11 is 0. The van der Waals surface area contributed by atoms with E-state index in [0.29, 0.717) is 44.8 Å². The lowest BCUT2D eigenvalue weighted by molar-refractivity contribution is -0.187. The highest BCUT2D eigenvalue weighted by Gasteiger charge is 2.40. The molecular weight excluding hydrogens is 332 g/mol. The van der Waals surface area contributed by atoms with Crippen molar-refractivity contribution < 1.29 is 19.1 Å². The number of nitrogens with zero attached hydrogens (tertiary/aromatic N) is 1. The summed E-state index contributed by atoms with van der Waals surface area (Å²) in [4.78, 5) is 26.1. The van der Waals surface area contributed by atoms with E-state index in [1.54, 1.807) is 12.1 Å². The topological polar surface area (TPSA) is 67.9 Å². The number of likely N-dealkylation sites (tertiary alicyclic amines) is 1. The van der Waals surface area contributed by atoms with Crippen molar-refractivity contribution in [2.45, 2.75) is 44.3 Å². The molecule has 0 bridgehead atoms. The quantitative estimate of drug-likeness (QED) is 0.758. The predicted octanol–water partition coefficient (Wildman–Crippen LogP) is 2.34. The Morgan fingerprint density at radius 3 is 2.38 bits per heavy atom. The molecule has 0 saturated carbocycles. The minimum Gasteiger partial charge on any atom is -0.352 e. The molecule has 1 spiro atoms. The van der Waals surface area contributed by atoms with Gasteiger partial charge in [0.2, 0.25) is 5.91 Å². The van der Waals surface area contributed by atoms with Crippen LogP contribution in [0.4, 0.5) is 0 Å². The molecule has 2 fully saturated rings. The molecule has 26 heavy (non-hydrogen) atoms.